The molecular weight excluding hydrogens is 210 g/mol. The zero-order valence-electron chi connectivity index (χ0n) is 10.9. The Balaban J connectivity index is 2.21. The summed E-state index contributed by atoms with van der Waals surface area (Å²) in [6, 6.07) is 4.15. The number of hydrogen-bond donors (Lipinski definition) is 1. The summed E-state index contributed by atoms with van der Waals surface area (Å²) in [5.41, 5.74) is 7.35. The Bertz CT molecular complexity index is 373. The van der Waals surface area contributed by atoms with E-state index in [0.29, 0.717) is 12.0 Å². The molecule has 3 heteroatoms. The van der Waals surface area contributed by atoms with Gasteiger partial charge in [0.05, 0.1) is 0 Å². The Morgan fingerprint density at radius 1 is 1.47 bits per heavy atom. The summed E-state index contributed by atoms with van der Waals surface area (Å²) >= 11 is 0. The molecule has 0 saturated carbocycles. The van der Waals surface area contributed by atoms with Gasteiger partial charge in [-0.3, -0.25) is 0 Å². The highest BCUT2D eigenvalue weighted by molar-refractivity contribution is 5.47. The van der Waals surface area contributed by atoms with E-state index < -0.39 is 0 Å². The zero-order chi connectivity index (χ0) is 12.3. The minimum absolute atomic E-state index is 0.399. The van der Waals surface area contributed by atoms with E-state index in [1.807, 2.05) is 12.3 Å². The van der Waals surface area contributed by atoms with Crippen LogP contribution in [0.15, 0.2) is 18.3 Å². The Labute approximate surface area is 104 Å². The maximum atomic E-state index is 5.67. The molecule has 3 nitrogen and oxygen atoms in total. The van der Waals surface area contributed by atoms with Gasteiger partial charge in [-0.1, -0.05) is 19.9 Å². The molecule has 0 amide bonds. The smallest absolute Gasteiger partial charge is 0.131 e. The molecule has 0 radical (unpaired) electrons. The molecule has 94 valence electrons. The van der Waals surface area contributed by atoms with Gasteiger partial charge in [0.2, 0.25) is 0 Å². The molecule has 0 bridgehead atoms. The second-order valence-corrected chi connectivity index (χ2v) is 5.71. The van der Waals surface area contributed by atoms with Crippen molar-refractivity contribution in [1.29, 1.82) is 0 Å². The molecule has 2 rings (SSSR count). The highest BCUT2D eigenvalue weighted by Crippen LogP contribution is 2.31. The van der Waals surface area contributed by atoms with E-state index in [9.17, 15) is 0 Å². The maximum absolute atomic E-state index is 5.67. The Kier molecular flexibility index (Phi) is 3.67. The number of rotatable bonds is 3. The number of piperidine rings is 1. The van der Waals surface area contributed by atoms with Crippen LogP contribution in [0, 0.1) is 5.41 Å². The average molecular weight is 233 g/mol. The molecule has 0 aliphatic carbocycles. The fraction of sp³-hybridized carbons (Fsp3) is 0.643. The first-order chi connectivity index (χ1) is 8.12. The number of anilines is 1. The molecular formula is C14H23N3. The Morgan fingerprint density at radius 2 is 2.29 bits per heavy atom. The van der Waals surface area contributed by atoms with E-state index in [-0.39, 0.29) is 0 Å². The lowest BCUT2D eigenvalue weighted by molar-refractivity contribution is 0.292. The van der Waals surface area contributed by atoms with E-state index >= 15 is 0 Å². The van der Waals surface area contributed by atoms with Gasteiger partial charge in [0.15, 0.2) is 0 Å². The van der Waals surface area contributed by atoms with Gasteiger partial charge in [-0.2, -0.15) is 0 Å². The standard InChI is InChI=1S/C14H23N3/c1-14(2)7-4-10-17(11-14)13-12(6-8-15)5-3-9-16-13/h3,5,9H,4,6-8,10-11,15H2,1-2H3. The maximum Gasteiger partial charge on any atom is 0.131 e. The van der Waals surface area contributed by atoms with E-state index in [0.717, 1.165) is 25.3 Å². The lowest BCUT2D eigenvalue weighted by Gasteiger charge is -2.39. The summed E-state index contributed by atoms with van der Waals surface area (Å²) in [7, 11) is 0. The van der Waals surface area contributed by atoms with Crippen molar-refractivity contribution >= 4 is 5.82 Å². The lowest BCUT2D eigenvalue weighted by Crippen LogP contribution is -2.41. The van der Waals surface area contributed by atoms with Crippen LogP contribution in [0.1, 0.15) is 32.3 Å². The van der Waals surface area contributed by atoms with Crippen LogP contribution < -0.4 is 10.6 Å². The van der Waals surface area contributed by atoms with Crippen molar-refractivity contribution in [2.75, 3.05) is 24.5 Å². The van der Waals surface area contributed by atoms with E-state index in [4.69, 9.17) is 5.73 Å². The molecule has 2 heterocycles. The SMILES string of the molecule is CC1(C)CCCN(c2ncccc2CCN)C1. The fourth-order valence-electron chi connectivity index (χ4n) is 2.67. The van der Waals surface area contributed by atoms with E-state index in [2.05, 4.69) is 29.8 Å². The van der Waals surface area contributed by atoms with Crippen molar-refractivity contribution in [2.24, 2.45) is 11.1 Å². The lowest BCUT2D eigenvalue weighted by atomic mass is 9.84. The van der Waals surface area contributed by atoms with Gasteiger partial charge in [0, 0.05) is 19.3 Å². The van der Waals surface area contributed by atoms with Crippen LogP contribution in [0.25, 0.3) is 0 Å². The van der Waals surface area contributed by atoms with Gasteiger partial charge in [0.25, 0.3) is 0 Å². The second kappa shape index (κ2) is 5.05. The van der Waals surface area contributed by atoms with Crippen LogP contribution in [0.2, 0.25) is 0 Å². The number of nitrogens with zero attached hydrogens (tertiary/aromatic N) is 2. The first-order valence-corrected chi connectivity index (χ1v) is 6.51. The summed E-state index contributed by atoms with van der Waals surface area (Å²) in [5, 5.41) is 0. The van der Waals surface area contributed by atoms with Gasteiger partial charge < -0.3 is 10.6 Å². The van der Waals surface area contributed by atoms with Crippen molar-refractivity contribution in [3.63, 3.8) is 0 Å². The van der Waals surface area contributed by atoms with Crippen molar-refractivity contribution in [2.45, 2.75) is 33.1 Å². The second-order valence-electron chi connectivity index (χ2n) is 5.71. The monoisotopic (exact) mass is 233 g/mol. The first kappa shape index (κ1) is 12.4. The Hall–Kier alpha value is -1.09. The van der Waals surface area contributed by atoms with Gasteiger partial charge in [0.1, 0.15) is 5.82 Å². The number of pyridine rings is 1. The number of nitrogens with two attached hydrogens (primary N) is 1. The number of hydrogen-bond acceptors (Lipinski definition) is 3. The third-order valence-electron chi connectivity index (χ3n) is 3.48. The summed E-state index contributed by atoms with van der Waals surface area (Å²) < 4.78 is 0. The van der Waals surface area contributed by atoms with Crippen LogP contribution in [-0.2, 0) is 6.42 Å². The normalized spacial score (nSPS) is 19.4. The van der Waals surface area contributed by atoms with Crippen molar-refractivity contribution < 1.29 is 0 Å². The van der Waals surface area contributed by atoms with Crippen LogP contribution in [0.3, 0.4) is 0 Å². The molecule has 17 heavy (non-hydrogen) atoms. The third kappa shape index (κ3) is 2.97. The minimum Gasteiger partial charge on any atom is -0.356 e. The van der Waals surface area contributed by atoms with Gasteiger partial charge in [-0.15, -0.1) is 0 Å². The van der Waals surface area contributed by atoms with Crippen LogP contribution in [0.4, 0.5) is 5.82 Å². The van der Waals surface area contributed by atoms with Gasteiger partial charge in [-0.25, -0.2) is 4.98 Å². The highest BCUT2D eigenvalue weighted by atomic mass is 15.2. The molecule has 1 fully saturated rings. The van der Waals surface area contributed by atoms with E-state index in [1.165, 1.54) is 18.4 Å². The molecule has 1 aliphatic rings. The number of aromatic nitrogens is 1. The van der Waals surface area contributed by atoms with Crippen LogP contribution in [0.5, 0.6) is 0 Å². The Morgan fingerprint density at radius 3 is 3.00 bits per heavy atom. The van der Waals surface area contributed by atoms with Crippen molar-refractivity contribution in [1.82, 2.24) is 4.98 Å². The molecule has 0 aromatic carbocycles. The molecule has 2 N–H and O–H groups in total. The molecule has 1 aromatic rings. The summed E-state index contributed by atoms with van der Waals surface area (Å²) in [6.07, 6.45) is 5.37. The molecule has 0 atom stereocenters. The van der Waals surface area contributed by atoms with Crippen molar-refractivity contribution in [3.8, 4) is 0 Å². The molecule has 1 aliphatic heterocycles. The quantitative estimate of drug-likeness (QED) is 0.870. The van der Waals surface area contributed by atoms with Gasteiger partial charge >= 0.3 is 0 Å². The van der Waals surface area contributed by atoms with Gasteiger partial charge in [-0.05, 0) is 42.9 Å². The van der Waals surface area contributed by atoms with Crippen LogP contribution >= 0.6 is 0 Å². The topological polar surface area (TPSA) is 42.2 Å². The fourth-order valence-corrected chi connectivity index (χ4v) is 2.67. The predicted molar refractivity (Wildman–Crippen MR) is 72.2 cm³/mol. The van der Waals surface area contributed by atoms with E-state index in [1.54, 1.807) is 0 Å². The largest absolute Gasteiger partial charge is 0.356 e. The summed E-state index contributed by atoms with van der Waals surface area (Å²) in [4.78, 5) is 6.98. The summed E-state index contributed by atoms with van der Waals surface area (Å²) in [5.74, 6) is 1.14. The average Bonchev–Trinajstić information content (AvgIpc) is 2.29. The molecule has 0 spiro atoms. The minimum atomic E-state index is 0.399. The summed E-state index contributed by atoms with van der Waals surface area (Å²) in [6.45, 7) is 7.59. The highest BCUT2D eigenvalue weighted by Gasteiger charge is 2.27. The molecule has 1 saturated heterocycles. The predicted octanol–water partition coefficient (Wildman–Crippen LogP) is 2.21. The van der Waals surface area contributed by atoms with Crippen molar-refractivity contribution in [3.05, 3.63) is 23.9 Å². The van der Waals surface area contributed by atoms with Crippen LogP contribution in [-0.4, -0.2) is 24.6 Å². The zero-order valence-corrected chi connectivity index (χ0v) is 10.9. The third-order valence-corrected chi connectivity index (χ3v) is 3.48. The molecule has 1 aromatic heterocycles. The first-order valence-electron chi connectivity index (χ1n) is 6.51. The molecule has 0 unspecified atom stereocenters.